The molecule has 0 aromatic carbocycles. The highest BCUT2D eigenvalue weighted by atomic mass is 31.2. The summed E-state index contributed by atoms with van der Waals surface area (Å²) in [7, 11) is -9.91. The molecule has 4 unspecified atom stereocenters. The zero-order chi connectivity index (χ0) is 71.7. The zero-order valence-corrected chi connectivity index (χ0v) is 65.5. The maximum atomic E-state index is 13.1. The van der Waals surface area contributed by atoms with Crippen molar-refractivity contribution in [2.45, 2.75) is 414 Å². The zero-order valence-electron chi connectivity index (χ0n) is 63.7. The summed E-state index contributed by atoms with van der Waals surface area (Å²) in [5, 5.41) is 10.6. The van der Waals surface area contributed by atoms with Gasteiger partial charge in [-0.1, -0.05) is 344 Å². The van der Waals surface area contributed by atoms with Crippen LogP contribution in [0.3, 0.4) is 0 Å². The van der Waals surface area contributed by atoms with Gasteiger partial charge in [-0.05, 0) is 49.4 Å². The highest BCUT2D eigenvalue weighted by Gasteiger charge is 2.30. The third-order valence-electron chi connectivity index (χ3n) is 18.4. The monoisotopic (exact) mass is 1420 g/mol. The summed E-state index contributed by atoms with van der Waals surface area (Å²) in [5.74, 6) is 0.940. The van der Waals surface area contributed by atoms with Crippen LogP contribution in [0.2, 0.25) is 0 Å². The van der Waals surface area contributed by atoms with E-state index in [1.807, 2.05) is 0 Å². The Balaban J connectivity index is 5.17. The minimum Gasteiger partial charge on any atom is -0.462 e. The Kier molecular flexibility index (Phi) is 65.9. The number of hydrogen-bond acceptors (Lipinski definition) is 15. The van der Waals surface area contributed by atoms with Crippen molar-refractivity contribution in [2.75, 3.05) is 39.6 Å². The molecule has 0 fully saturated rings. The summed E-state index contributed by atoms with van der Waals surface area (Å²) in [4.78, 5) is 72.8. The normalized spacial score (nSPS) is 14.4. The third-order valence-corrected chi connectivity index (χ3v) is 20.3. The summed E-state index contributed by atoms with van der Waals surface area (Å²) >= 11 is 0. The van der Waals surface area contributed by atoms with Gasteiger partial charge in [0, 0.05) is 25.7 Å². The average molecular weight is 1420 g/mol. The smallest absolute Gasteiger partial charge is 0.462 e. The van der Waals surface area contributed by atoms with Crippen LogP contribution >= 0.6 is 15.6 Å². The van der Waals surface area contributed by atoms with Crippen LogP contribution in [0.5, 0.6) is 0 Å². The first-order valence-electron chi connectivity index (χ1n) is 40.2. The SMILES string of the molecule is CCC(C)CCCCCCCCCCCCCCCCCCCCC(=O)OC[C@H](COP(=O)(O)OCC(O)COP(=O)(O)OC[C@@H](COC(=O)CCCCCCCCCC(C)C)OC(=O)CCCCCCCCCCC(C)C)OC(=O)CCCCCCCCCCCCCC(C)C. The van der Waals surface area contributed by atoms with Crippen molar-refractivity contribution in [3.8, 4) is 0 Å². The van der Waals surface area contributed by atoms with Crippen LogP contribution < -0.4 is 0 Å². The maximum Gasteiger partial charge on any atom is 0.472 e. The standard InChI is InChI=1S/C78H152O17P2/c1-9-71(8)57-49-41-33-24-20-16-14-12-10-11-13-15-17-21-25-34-42-50-58-75(80)88-64-73(94-77(82)60-52-44-35-26-22-18-19-23-30-38-46-54-68(2)3)66-92-96(84,85)90-62-72(79)63-91-97(86,87)93-67-74(65-89-76(81)59-51-43-37-29-32-40-48-56-70(6)7)95-78(83)61-53-45-36-28-27-31-39-47-55-69(4)5/h68-74,79H,9-67H2,1-8H3,(H,84,85)(H,86,87)/t71?,72?,73-,74-/m1/s1. The molecule has 0 bridgehead atoms. The fourth-order valence-corrected chi connectivity index (χ4v) is 13.5. The van der Waals surface area contributed by atoms with Gasteiger partial charge in [0.05, 0.1) is 26.4 Å². The first kappa shape index (κ1) is 95.1. The van der Waals surface area contributed by atoms with Gasteiger partial charge in [-0.15, -0.1) is 0 Å². The molecule has 0 heterocycles. The van der Waals surface area contributed by atoms with Gasteiger partial charge in [0.2, 0.25) is 0 Å². The van der Waals surface area contributed by atoms with Crippen molar-refractivity contribution < 1.29 is 80.2 Å². The molecule has 97 heavy (non-hydrogen) atoms. The molecule has 0 aliphatic heterocycles. The van der Waals surface area contributed by atoms with Crippen molar-refractivity contribution in [3.63, 3.8) is 0 Å². The molecule has 19 heteroatoms. The van der Waals surface area contributed by atoms with Crippen molar-refractivity contribution in [1.29, 1.82) is 0 Å². The number of aliphatic hydroxyl groups is 1. The van der Waals surface area contributed by atoms with E-state index < -0.39 is 97.5 Å². The van der Waals surface area contributed by atoms with Gasteiger partial charge in [0.1, 0.15) is 19.3 Å². The highest BCUT2D eigenvalue weighted by molar-refractivity contribution is 7.47. The van der Waals surface area contributed by atoms with E-state index in [1.165, 1.54) is 193 Å². The van der Waals surface area contributed by atoms with Crippen LogP contribution in [0.25, 0.3) is 0 Å². The van der Waals surface area contributed by atoms with Gasteiger partial charge in [0.15, 0.2) is 12.2 Å². The number of ether oxygens (including phenoxy) is 4. The number of rotatable bonds is 75. The lowest BCUT2D eigenvalue weighted by atomic mass is 9.99. The van der Waals surface area contributed by atoms with Crippen molar-refractivity contribution in [2.24, 2.45) is 23.7 Å². The van der Waals surface area contributed by atoms with Gasteiger partial charge in [-0.25, -0.2) is 9.13 Å². The van der Waals surface area contributed by atoms with Crippen molar-refractivity contribution in [3.05, 3.63) is 0 Å². The van der Waals surface area contributed by atoms with Gasteiger partial charge in [0.25, 0.3) is 0 Å². The Labute approximate surface area is 594 Å². The molecular formula is C78H152O17P2. The number of phosphoric ester groups is 2. The minimum atomic E-state index is -4.96. The number of phosphoric acid groups is 2. The Bertz CT molecular complexity index is 1900. The summed E-state index contributed by atoms with van der Waals surface area (Å²) in [5.41, 5.74) is 0. The van der Waals surface area contributed by atoms with Crippen LogP contribution in [0.1, 0.15) is 396 Å². The lowest BCUT2D eigenvalue weighted by Crippen LogP contribution is -2.30. The maximum absolute atomic E-state index is 13.1. The summed E-state index contributed by atoms with van der Waals surface area (Å²) in [6.45, 7) is 14.2. The number of hydrogen-bond donors (Lipinski definition) is 3. The topological polar surface area (TPSA) is 237 Å². The Morgan fingerprint density at radius 2 is 0.495 bits per heavy atom. The van der Waals surface area contributed by atoms with Gasteiger partial charge >= 0.3 is 39.5 Å². The predicted molar refractivity (Wildman–Crippen MR) is 395 cm³/mol. The Hall–Kier alpha value is -1.94. The molecule has 0 aliphatic rings. The van der Waals surface area contributed by atoms with E-state index in [1.54, 1.807) is 0 Å². The number of unbranched alkanes of at least 4 members (excludes halogenated alkanes) is 40. The fraction of sp³-hybridized carbons (Fsp3) is 0.949. The molecule has 3 N–H and O–H groups in total. The largest absolute Gasteiger partial charge is 0.472 e. The van der Waals surface area contributed by atoms with E-state index in [2.05, 4.69) is 55.4 Å². The minimum absolute atomic E-state index is 0.103. The first-order chi connectivity index (χ1) is 46.6. The second-order valence-electron chi connectivity index (χ2n) is 29.8. The molecule has 0 amide bonds. The van der Waals surface area contributed by atoms with E-state index in [0.717, 1.165) is 114 Å². The second kappa shape index (κ2) is 67.2. The average Bonchev–Trinajstić information content (AvgIpc) is 1.27. The van der Waals surface area contributed by atoms with Crippen molar-refractivity contribution >= 4 is 39.5 Å². The van der Waals surface area contributed by atoms with E-state index in [0.29, 0.717) is 31.6 Å². The molecule has 0 spiro atoms. The molecular weight excluding hydrogens is 1270 g/mol. The molecule has 576 valence electrons. The molecule has 6 atom stereocenters. The molecule has 0 aromatic rings. The van der Waals surface area contributed by atoms with Gasteiger partial charge in [-0.2, -0.15) is 0 Å². The van der Waals surface area contributed by atoms with Crippen molar-refractivity contribution in [1.82, 2.24) is 0 Å². The molecule has 17 nitrogen and oxygen atoms in total. The summed E-state index contributed by atoms with van der Waals surface area (Å²) in [6.07, 6.45) is 53.0. The molecule has 0 aromatic heterocycles. The van der Waals surface area contributed by atoms with E-state index >= 15 is 0 Å². The molecule has 0 saturated carbocycles. The van der Waals surface area contributed by atoms with Crippen LogP contribution in [-0.2, 0) is 65.4 Å². The number of aliphatic hydroxyl groups excluding tert-OH is 1. The van der Waals surface area contributed by atoms with Gasteiger partial charge < -0.3 is 33.8 Å². The van der Waals surface area contributed by atoms with E-state index in [-0.39, 0.29) is 25.7 Å². The van der Waals surface area contributed by atoms with E-state index in [4.69, 9.17) is 37.0 Å². The van der Waals surface area contributed by atoms with E-state index in [9.17, 15) is 43.2 Å². The lowest BCUT2D eigenvalue weighted by Gasteiger charge is -2.21. The summed E-state index contributed by atoms with van der Waals surface area (Å²) < 4.78 is 68.5. The Morgan fingerprint density at radius 1 is 0.289 bits per heavy atom. The number of carbonyl (C=O) groups excluding carboxylic acids is 4. The third kappa shape index (κ3) is 70.9. The van der Waals surface area contributed by atoms with Crippen LogP contribution in [-0.4, -0.2) is 96.7 Å². The van der Waals surface area contributed by atoms with Crippen LogP contribution in [0.4, 0.5) is 0 Å². The lowest BCUT2D eigenvalue weighted by molar-refractivity contribution is -0.161. The summed E-state index contributed by atoms with van der Waals surface area (Å²) in [6, 6.07) is 0. The fourth-order valence-electron chi connectivity index (χ4n) is 11.9. The number of carbonyl (C=O) groups is 4. The number of esters is 4. The molecule has 0 radical (unpaired) electrons. The molecule has 0 saturated heterocycles. The Morgan fingerprint density at radius 3 is 0.732 bits per heavy atom. The molecule has 0 rings (SSSR count). The van der Waals surface area contributed by atoms with Crippen LogP contribution in [0, 0.1) is 23.7 Å². The molecule has 0 aliphatic carbocycles. The van der Waals surface area contributed by atoms with Crippen LogP contribution in [0.15, 0.2) is 0 Å². The quantitative estimate of drug-likeness (QED) is 0.0222. The second-order valence-corrected chi connectivity index (χ2v) is 32.7. The first-order valence-corrected chi connectivity index (χ1v) is 43.2. The highest BCUT2D eigenvalue weighted by Crippen LogP contribution is 2.45. The van der Waals surface area contributed by atoms with Gasteiger partial charge in [-0.3, -0.25) is 37.3 Å². The predicted octanol–water partition coefficient (Wildman–Crippen LogP) is 22.8.